The Labute approximate surface area is 332 Å². The van der Waals surface area contributed by atoms with Crippen LogP contribution in [0.3, 0.4) is 0 Å². The standard InChI is InChI=1S/C53H32N2O3/c1-2-12-36(13-3-1)53-54-45-31-44-42-19-9-18-41(52(42)57-49(44)32-50(45)58-53)35-25-29-38(30-26-35)55(46-20-10-22-48-51(46)43-16-6-7-21-47(43)56-48)37-27-23-34(24-28-37)40-17-8-14-33-11-4-5-15-39(33)40/h1-32H. The fourth-order valence-electron chi connectivity index (χ4n) is 8.58. The second-order valence-electron chi connectivity index (χ2n) is 14.7. The Morgan fingerprint density at radius 3 is 1.84 bits per heavy atom. The van der Waals surface area contributed by atoms with Crippen molar-refractivity contribution in [2.75, 3.05) is 4.90 Å². The van der Waals surface area contributed by atoms with Gasteiger partial charge in [0.15, 0.2) is 5.58 Å². The van der Waals surface area contributed by atoms with Gasteiger partial charge in [0.1, 0.15) is 27.8 Å². The second-order valence-corrected chi connectivity index (χ2v) is 14.7. The summed E-state index contributed by atoms with van der Waals surface area (Å²) in [4.78, 5) is 7.15. The van der Waals surface area contributed by atoms with Crippen molar-refractivity contribution < 1.29 is 13.3 Å². The van der Waals surface area contributed by atoms with Gasteiger partial charge in [0.25, 0.3) is 0 Å². The van der Waals surface area contributed by atoms with Crippen LogP contribution in [0.1, 0.15) is 0 Å². The Bertz CT molecular complexity index is 3500. The van der Waals surface area contributed by atoms with Crippen LogP contribution in [0.15, 0.2) is 207 Å². The van der Waals surface area contributed by atoms with E-state index in [1.54, 1.807) is 0 Å². The maximum Gasteiger partial charge on any atom is 0.227 e. The van der Waals surface area contributed by atoms with Crippen molar-refractivity contribution in [3.05, 3.63) is 194 Å². The van der Waals surface area contributed by atoms with E-state index in [-0.39, 0.29) is 0 Å². The molecule has 12 rings (SSSR count). The number of benzene rings is 9. The molecule has 0 aliphatic carbocycles. The van der Waals surface area contributed by atoms with Crippen LogP contribution in [0, 0.1) is 0 Å². The summed E-state index contributed by atoms with van der Waals surface area (Å²) in [5, 5.41) is 6.66. The van der Waals surface area contributed by atoms with Gasteiger partial charge in [-0.2, -0.15) is 0 Å². The van der Waals surface area contributed by atoms with Gasteiger partial charge in [-0.25, -0.2) is 4.98 Å². The zero-order chi connectivity index (χ0) is 38.2. The first-order valence-corrected chi connectivity index (χ1v) is 19.4. The van der Waals surface area contributed by atoms with Gasteiger partial charge in [0.2, 0.25) is 5.89 Å². The number of para-hydroxylation sites is 2. The summed E-state index contributed by atoms with van der Waals surface area (Å²) in [7, 11) is 0. The molecule has 0 fully saturated rings. The minimum Gasteiger partial charge on any atom is -0.456 e. The predicted molar refractivity (Wildman–Crippen MR) is 237 cm³/mol. The van der Waals surface area contributed by atoms with Crippen LogP contribution in [0.4, 0.5) is 17.1 Å². The molecule has 0 amide bonds. The Morgan fingerprint density at radius 1 is 0.379 bits per heavy atom. The molecule has 3 heterocycles. The Hall–Kier alpha value is -7.89. The molecule has 58 heavy (non-hydrogen) atoms. The van der Waals surface area contributed by atoms with Crippen molar-refractivity contribution in [2.45, 2.75) is 0 Å². The molecule has 3 aromatic heterocycles. The minimum absolute atomic E-state index is 0.598. The SMILES string of the molecule is c1ccc(-c2nc3cc4c(cc3o2)oc2c(-c3ccc(N(c5ccc(-c6cccc7ccccc67)cc5)c5cccc6oc7ccccc7c56)cc3)cccc24)cc1. The van der Waals surface area contributed by atoms with E-state index in [0.717, 1.165) is 83.1 Å². The van der Waals surface area contributed by atoms with Crippen LogP contribution in [-0.2, 0) is 0 Å². The first-order chi connectivity index (χ1) is 28.7. The smallest absolute Gasteiger partial charge is 0.227 e. The summed E-state index contributed by atoms with van der Waals surface area (Å²) in [6.07, 6.45) is 0. The van der Waals surface area contributed by atoms with E-state index in [9.17, 15) is 0 Å². The van der Waals surface area contributed by atoms with Gasteiger partial charge >= 0.3 is 0 Å². The number of furan rings is 2. The van der Waals surface area contributed by atoms with Crippen LogP contribution in [0.2, 0.25) is 0 Å². The zero-order valence-electron chi connectivity index (χ0n) is 31.1. The van der Waals surface area contributed by atoms with Crippen molar-refractivity contribution in [1.82, 2.24) is 4.98 Å². The molecule has 9 aromatic carbocycles. The molecule has 12 aromatic rings. The number of rotatable bonds is 6. The third-order valence-corrected chi connectivity index (χ3v) is 11.3. The average Bonchev–Trinajstić information content (AvgIpc) is 3.99. The Morgan fingerprint density at radius 2 is 1.02 bits per heavy atom. The highest BCUT2D eigenvalue weighted by atomic mass is 16.4. The largest absolute Gasteiger partial charge is 0.456 e. The number of hydrogen-bond acceptors (Lipinski definition) is 5. The average molecular weight is 745 g/mol. The molecule has 272 valence electrons. The molecule has 5 heteroatoms. The van der Waals surface area contributed by atoms with Crippen LogP contribution in [0.5, 0.6) is 0 Å². The van der Waals surface area contributed by atoms with Crippen molar-refractivity contribution in [3.8, 4) is 33.7 Å². The molecule has 0 aliphatic rings. The van der Waals surface area contributed by atoms with E-state index in [2.05, 4.69) is 144 Å². The fourth-order valence-corrected chi connectivity index (χ4v) is 8.58. The number of oxazole rings is 1. The second kappa shape index (κ2) is 12.8. The van der Waals surface area contributed by atoms with Crippen molar-refractivity contribution in [2.24, 2.45) is 0 Å². The molecular weight excluding hydrogens is 713 g/mol. The molecule has 0 radical (unpaired) electrons. The predicted octanol–water partition coefficient (Wildman–Crippen LogP) is 15.3. The monoisotopic (exact) mass is 744 g/mol. The van der Waals surface area contributed by atoms with Gasteiger partial charge in [-0.1, -0.05) is 127 Å². The van der Waals surface area contributed by atoms with Crippen molar-refractivity contribution >= 4 is 82.8 Å². The van der Waals surface area contributed by atoms with Gasteiger partial charge < -0.3 is 18.2 Å². The zero-order valence-corrected chi connectivity index (χ0v) is 31.1. The van der Waals surface area contributed by atoms with E-state index in [1.165, 1.54) is 21.9 Å². The van der Waals surface area contributed by atoms with Gasteiger partial charge in [-0.3, -0.25) is 0 Å². The van der Waals surface area contributed by atoms with E-state index in [0.29, 0.717) is 11.5 Å². The number of anilines is 3. The lowest BCUT2D eigenvalue weighted by atomic mass is 9.98. The maximum absolute atomic E-state index is 6.62. The molecule has 5 nitrogen and oxygen atoms in total. The van der Waals surface area contributed by atoms with E-state index in [4.69, 9.17) is 18.2 Å². The summed E-state index contributed by atoms with van der Waals surface area (Å²) in [5.74, 6) is 0.598. The van der Waals surface area contributed by atoms with Crippen molar-refractivity contribution in [3.63, 3.8) is 0 Å². The summed E-state index contributed by atoms with van der Waals surface area (Å²) in [6, 6.07) is 67.6. The Balaban J connectivity index is 0.970. The van der Waals surface area contributed by atoms with E-state index >= 15 is 0 Å². The number of fused-ring (bicyclic) bond motifs is 8. The summed E-state index contributed by atoms with van der Waals surface area (Å²) >= 11 is 0. The van der Waals surface area contributed by atoms with Crippen LogP contribution < -0.4 is 4.90 Å². The first-order valence-electron chi connectivity index (χ1n) is 19.4. The number of aromatic nitrogens is 1. The summed E-state index contributed by atoms with van der Waals surface area (Å²) in [5.41, 5.74) is 13.3. The number of nitrogens with zero attached hydrogens (tertiary/aromatic N) is 2. The van der Waals surface area contributed by atoms with Gasteiger partial charge in [0, 0.05) is 44.7 Å². The fraction of sp³-hybridized carbons (Fsp3) is 0. The topological polar surface area (TPSA) is 55.6 Å². The molecule has 0 spiro atoms. The van der Waals surface area contributed by atoms with Gasteiger partial charge in [-0.05, 0) is 88.1 Å². The van der Waals surface area contributed by atoms with Crippen LogP contribution in [-0.4, -0.2) is 4.98 Å². The minimum atomic E-state index is 0.598. The lowest BCUT2D eigenvalue weighted by molar-refractivity contribution is 0.617. The van der Waals surface area contributed by atoms with Crippen LogP contribution >= 0.6 is 0 Å². The molecule has 0 atom stereocenters. The van der Waals surface area contributed by atoms with Crippen LogP contribution in [0.25, 0.3) is 99.5 Å². The maximum atomic E-state index is 6.62. The first kappa shape index (κ1) is 32.4. The molecule has 0 saturated carbocycles. The highest BCUT2D eigenvalue weighted by Gasteiger charge is 2.21. The van der Waals surface area contributed by atoms with E-state index < -0.39 is 0 Å². The normalized spacial score (nSPS) is 11.8. The third kappa shape index (κ3) is 5.14. The van der Waals surface area contributed by atoms with E-state index in [1.807, 2.05) is 54.6 Å². The molecule has 0 aliphatic heterocycles. The van der Waals surface area contributed by atoms with Crippen molar-refractivity contribution in [1.29, 1.82) is 0 Å². The molecule has 0 saturated heterocycles. The molecule has 0 bridgehead atoms. The summed E-state index contributed by atoms with van der Waals surface area (Å²) in [6.45, 7) is 0. The highest BCUT2D eigenvalue weighted by Crippen LogP contribution is 2.45. The van der Waals surface area contributed by atoms with Gasteiger partial charge in [-0.15, -0.1) is 0 Å². The lowest BCUT2D eigenvalue weighted by Crippen LogP contribution is -2.10. The number of hydrogen-bond donors (Lipinski definition) is 0. The Kier molecular flexibility index (Phi) is 7.16. The van der Waals surface area contributed by atoms with Gasteiger partial charge in [0.05, 0.1) is 11.1 Å². The molecular formula is C53H32N2O3. The molecule has 0 unspecified atom stereocenters. The molecule has 0 N–H and O–H groups in total. The summed E-state index contributed by atoms with van der Waals surface area (Å²) < 4.78 is 19.2. The third-order valence-electron chi connectivity index (χ3n) is 11.3. The quantitative estimate of drug-likeness (QED) is 0.170. The lowest BCUT2D eigenvalue weighted by Gasteiger charge is -2.26. The highest BCUT2D eigenvalue weighted by molar-refractivity contribution is 6.14.